The third kappa shape index (κ3) is 6.79. The van der Waals surface area contributed by atoms with Gasteiger partial charge in [0.15, 0.2) is 0 Å². The third-order valence-electron chi connectivity index (χ3n) is 3.00. The van der Waals surface area contributed by atoms with Crippen LogP contribution in [-0.4, -0.2) is 19.2 Å². The first-order chi connectivity index (χ1) is 9.13. The molecule has 0 aliphatic rings. The van der Waals surface area contributed by atoms with E-state index < -0.39 is 5.82 Å². The zero-order chi connectivity index (χ0) is 14.1. The van der Waals surface area contributed by atoms with Crippen LogP contribution in [0.5, 0.6) is 5.75 Å². The van der Waals surface area contributed by atoms with E-state index >= 15 is 0 Å². The molecule has 0 aromatic heterocycles. The lowest BCUT2D eigenvalue weighted by atomic mass is 10.1. The molecule has 108 valence electrons. The van der Waals surface area contributed by atoms with Crippen LogP contribution in [-0.2, 0) is 0 Å². The Labute approximate surface area is 120 Å². The lowest BCUT2D eigenvalue weighted by Crippen LogP contribution is -2.30. The van der Waals surface area contributed by atoms with Gasteiger partial charge in [-0.2, -0.15) is 0 Å². The molecule has 4 heteroatoms. The van der Waals surface area contributed by atoms with Crippen LogP contribution in [0.15, 0.2) is 18.2 Å². The van der Waals surface area contributed by atoms with Gasteiger partial charge in [-0.3, -0.25) is 0 Å². The van der Waals surface area contributed by atoms with E-state index in [0.717, 1.165) is 6.54 Å². The van der Waals surface area contributed by atoms with Gasteiger partial charge < -0.3 is 10.1 Å². The fraction of sp³-hybridized carbons (Fsp3) is 0.600. The summed E-state index contributed by atoms with van der Waals surface area (Å²) in [6, 6.07) is 4.92. The second-order valence-corrected chi connectivity index (χ2v) is 5.18. The number of ether oxygens (including phenoxy) is 1. The molecule has 2 nitrogen and oxygen atoms in total. The number of hydrogen-bond acceptors (Lipinski definition) is 2. The molecular formula is C15H23ClFNO. The Kier molecular flexibility index (Phi) is 7.84. The van der Waals surface area contributed by atoms with Crippen molar-refractivity contribution >= 4 is 11.6 Å². The molecule has 0 spiro atoms. The van der Waals surface area contributed by atoms with Crippen LogP contribution in [0.1, 0.15) is 39.5 Å². The molecule has 1 aromatic carbocycles. The Hall–Kier alpha value is -0.800. The van der Waals surface area contributed by atoms with Gasteiger partial charge in [0.2, 0.25) is 0 Å². The second kappa shape index (κ2) is 9.16. The summed E-state index contributed by atoms with van der Waals surface area (Å²) in [6.45, 7) is 5.73. The van der Waals surface area contributed by atoms with Crippen molar-refractivity contribution in [1.29, 1.82) is 0 Å². The van der Waals surface area contributed by atoms with Crippen molar-refractivity contribution in [3.05, 3.63) is 29.0 Å². The molecule has 1 rings (SSSR count). The van der Waals surface area contributed by atoms with Gasteiger partial charge in [0, 0.05) is 18.7 Å². The Morgan fingerprint density at radius 3 is 2.84 bits per heavy atom. The highest BCUT2D eigenvalue weighted by atomic mass is 35.5. The van der Waals surface area contributed by atoms with Crippen LogP contribution >= 0.6 is 11.6 Å². The van der Waals surface area contributed by atoms with Crippen molar-refractivity contribution in [3.8, 4) is 5.75 Å². The Balaban J connectivity index is 2.14. The molecule has 0 saturated carbocycles. The van der Waals surface area contributed by atoms with Crippen LogP contribution in [0, 0.1) is 5.82 Å². The lowest BCUT2D eigenvalue weighted by molar-refractivity contribution is 0.304. The molecule has 1 aromatic rings. The third-order valence-corrected chi connectivity index (χ3v) is 3.28. The van der Waals surface area contributed by atoms with Crippen molar-refractivity contribution in [2.24, 2.45) is 0 Å². The highest BCUT2D eigenvalue weighted by molar-refractivity contribution is 6.30. The van der Waals surface area contributed by atoms with Crippen LogP contribution in [0.2, 0.25) is 5.02 Å². The molecule has 19 heavy (non-hydrogen) atoms. The normalized spacial score (nSPS) is 12.4. The van der Waals surface area contributed by atoms with Gasteiger partial charge in [-0.1, -0.05) is 37.8 Å². The van der Waals surface area contributed by atoms with Crippen molar-refractivity contribution in [2.75, 3.05) is 13.2 Å². The zero-order valence-electron chi connectivity index (χ0n) is 11.7. The summed E-state index contributed by atoms with van der Waals surface area (Å²) < 4.78 is 18.4. The molecule has 0 fully saturated rings. The maximum atomic E-state index is 12.9. The van der Waals surface area contributed by atoms with Crippen molar-refractivity contribution in [2.45, 2.75) is 45.6 Å². The van der Waals surface area contributed by atoms with E-state index in [-0.39, 0.29) is 5.02 Å². The van der Waals surface area contributed by atoms with E-state index in [1.807, 2.05) is 0 Å². The van der Waals surface area contributed by atoms with E-state index in [2.05, 4.69) is 19.2 Å². The first-order valence-corrected chi connectivity index (χ1v) is 7.32. The minimum Gasteiger partial charge on any atom is -0.492 e. The molecule has 0 aliphatic carbocycles. The fourth-order valence-electron chi connectivity index (χ4n) is 1.84. The number of halogens is 2. The molecule has 1 atom stereocenters. The summed E-state index contributed by atoms with van der Waals surface area (Å²) in [7, 11) is 0. The number of hydrogen-bond donors (Lipinski definition) is 1. The number of unbranched alkanes of at least 4 members (excludes halogenated alkanes) is 2. The predicted molar refractivity (Wildman–Crippen MR) is 78.5 cm³/mol. The minimum atomic E-state index is -0.420. The summed E-state index contributed by atoms with van der Waals surface area (Å²) in [5.41, 5.74) is 0. The van der Waals surface area contributed by atoms with Crippen molar-refractivity contribution in [3.63, 3.8) is 0 Å². The lowest BCUT2D eigenvalue weighted by Gasteiger charge is -2.14. The van der Waals surface area contributed by atoms with Gasteiger partial charge in [0.25, 0.3) is 0 Å². The zero-order valence-corrected chi connectivity index (χ0v) is 12.5. The van der Waals surface area contributed by atoms with E-state index in [0.29, 0.717) is 18.4 Å². The highest BCUT2D eigenvalue weighted by Gasteiger charge is 2.03. The van der Waals surface area contributed by atoms with Gasteiger partial charge in [0.05, 0.1) is 5.02 Å². The molecule has 0 radical (unpaired) electrons. The second-order valence-electron chi connectivity index (χ2n) is 4.78. The molecular weight excluding hydrogens is 265 g/mol. The standard InChI is InChI=1S/C15H23ClFNO/c1-3-4-5-6-12(2)18-9-10-19-13-7-8-15(17)14(16)11-13/h7-8,11-12,18H,3-6,9-10H2,1-2H3. The summed E-state index contributed by atoms with van der Waals surface area (Å²) in [4.78, 5) is 0. The van der Waals surface area contributed by atoms with E-state index in [1.54, 1.807) is 6.07 Å². The molecule has 0 aliphatic heterocycles. The summed E-state index contributed by atoms with van der Waals surface area (Å²) in [5.74, 6) is 0.184. The monoisotopic (exact) mass is 287 g/mol. The first-order valence-electron chi connectivity index (χ1n) is 6.94. The number of nitrogens with one attached hydrogen (secondary N) is 1. The van der Waals surface area contributed by atoms with E-state index in [4.69, 9.17) is 16.3 Å². The SMILES string of the molecule is CCCCCC(C)NCCOc1ccc(F)c(Cl)c1. The quantitative estimate of drug-likeness (QED) is 0.679. The van der Waals surface area contributed by atoms with Crippen LogP contribution in [0.4, 0.5) is 4.39 Å². The maximum absolute atomic E-state index is 12.9. The van der Waals surface area contributed by atoms with E-state index in [1.165, 1.54) is 37.8 Å². The topological polar surface area (TPSA) is 21.3 Å². The molecule has 0 amide bonds. The maximum Gasteiger partial charge on any atom is 0.142 e. The summed E-state index contributed by atoms with van der Waals surface area (Å²) in [5, 5.41) is 3.50. The Morgan fingerprint density at radius 2 is 2.16 bits per heavy atom. The summed E-state index contributed by atoms with van der Waals surface area (Å²) in [6.07, 6.45) is 4.99. The van der Waals surface area contributed by atoms with Crippen LogP contribution < -0.4 is 10.1 Å². The van der Waals surface area contributed by atoms with Gasteiger partial charge in [-0.25, -0.2) is 4.39 Å². The summed E-state index contributed by atoms with van der Waals surface area (Å²) >= 11 is 5.68. The van der Waals surface area contributed by atoms with E-state index in [9.17, 15) is 4.39 Å². The van der Waals surface area contributed by atoms with Gasteiger partial charge in [-0.05, 0) is 25.5 Å². The molecule has 1 N–H and O–H groups in total. The first kappa shape index (κ1) is 16.3. The Bertz CT molecular complexity index is 373. The molecule has 0 heterocycles. The van der Waals surface area contributed by atoms with Gasteiger partial charge in [-0.15, -0.1) is 0 Å². The molecule has 1 unspecified atom stereocenters. The average molecular weight is 288 g/mol. The van der Waals surface area contributed by atoms with Gasteiger partial charge >= 0.3 is 0 Å². The van der Waals surface area contributed by atoms with Crippen molar-refractivity contribution < 1.29 is 9.13 Å². The largest absolute Gasteiger partial charge is 0.492 e. The van der Waals surface area contributed by atoms with Gasteiger partial charge in [0.1, 0.15) is 18.2 Å². The predicted octanol–water partition coefficient (Wildman–Crippen LogP) is 4.42. The number of benzene rings is 1. The smallest absolute Gasteiger partial charge is 0.142 e. The number of rotatable bonds is 9. The fourth-order valence-corrected chi connectivity index (χ4v) is 2.01. The Morgan fingerprint density at radius 1 is 1.37 bits per heavy atom. The van der Waals surface area contributed by atoms with Crippen molar-refractivity contribution in [1.82, 2.24) is 5.32 Å². The highest BCUT2D eigenvalue weighted by Crippen LogP contribution is 2.20. The van der Waals surface area contributed by atoms with Crippen LogP contribution in [0.3, 0.4) is 0 Å². The average Bonchev–Trinajstić information content (AvgIpc) is 2.39. The minimum absolute atomic E-state index is 0.0957. The van der Waals surface area contributed by atoms with Crippen LogP contribution in [0.25, 0.3) is 0 Å². The molecule has 0 saturated heterocycles. The molecule has 0 bridgehead atoms.